The molecule has 0 aromatic heterocycles. The summed E-state index contributed by atoms with van der Waals surface area (Å²) in [6, 6.07) is 15.1. The lowest BCUT2D eigenvalue weighted by Crippen LogP contribution is -2.34. The van der Waals surface area contributed by atoms with E-state index < -0.39 is 12.1 Å². The highest BCUT2D eigenvalue weighted by molar-refractivity contribution is 6.30. The minimum atomic E-state index is -0.685. The molecule has 0 aliphatic carbocycles. The Balaban J connectivity index is 1.51. The molecule has 2 aromatic carbocycles. The third-order valence-corrected chi connectivity index (χ3v) is 5.00. The first-order valence-corrected chi connectivity index (χ1v) is 9.53. The van der Waals surface area contributed by atoms with E-state index in [0.29, 0.717) is 11.6 Å². The Morgan fingerprint density at radius 2 is 1.93 bits per heavy atom. The number of urea groups is 1. The lowest BCUT2D eigenvalue weighted by molar-refractivity contribution is -0.129. The van der Waals surface area contributed by atoms with Crippen molar-refractivity contribution in [1.29, 1.82) is 0 Å². The van der Waals surface area contributed by atoms with Crippen LogP contribution >= 0.6 is 11.6 Å². The highest BCUT2D eigenvalue weighted by Crippen LogP contribution is 2.25. The average molecular weight is 400 g/mol. The molecule has 1 fully saturated rings. The van der Waals surface area contributed by atoms with Crippen molar-refractivity contribution in [3.05, 3.63) is 70.7 Å². The zero-order valence-corrected chi connectivity index (χ0v) is 16.3. The summed E-state index contributed by atoms with van der Waals surface area (Å²) >= 11 is 5.93. The normalized spacial score (nSPS) is 17.4. The Morgan fingerprint density at radius 1 is 1.18 bits per heavy atom. The summed E-state index contributed by atoms with van der Waals surface area (Å²) in [6.45, 7) is 2.18. The fourth-order valence-electron chi connectivity index (χ4n) is 3.20. The fraction of sp³-hybridized carbons (Fsp3) is 0.286. The topological polar surface area (TPSA) is 78.5 Å². The zero-order valence-electron chi connectivity index (χ0n) is 15.5. The van der Waals surface area contributed by atoms with Crippen molar-refractivity contribution in [2.45, 2.75) is 38.4 Å². The monoisotopic (exact) mass is 399 g/mol. The number of carbonyl (C=O) groups is 3. The molecule has 4 amide bonds. The number of carbonyl (C=O) groups excluding carboxylic acids is 3. The molecule has 146 valence electrons. The van der Waals surface area contributed by atoms with Crippen molar-refractivity contribution >= 4 is 29.4 Å². The van der Waals surface area contributed by atoms with Gasteiger partial charge in [-0.2, -0.15) is 0 Å². The molecule has 1 aliphatic heterocycles. The Hall–Kier alpha value is -2.86. The first kappa shape index (κ1) is 19.9. The molecule has 6 nitrogen and oxygen atoms in total. The summed E-state index contributed by atoms with van der Waals surface area (Å²) in [5.74, 6) is -0.486. The third-order valence-electron chi connectivity index (χ3n) is 4.76. The van der Waals surface area contributed by atoms with Crippen molar-refractivity contribution < 1.29 is 14.4 Å². The van der Waals surface area contributed by atoms with E-state index in [1.54, 1.807) is 12.1 Å². The average Bonchev–Trinajstić information content (AvgIpc) is 2.98. The molecule has 0 bridgehead atoms. The van der Waals surface area contributed by atoms with Crippen LogP contribution in [0.4, 0.5) is 4.79 Å². The second-order valence-electron chi connectivity index (χ2n) is 6.74. The van der Waals surface area contributed by atoms with Crippen LogP contribution in [-0.2, 0) is 16.1 Å². The van der Waals surface area contributed by atoms with Gasteiger partial charge in [-0.3, -0.25) is 14.5 Å². The molecule has 2 aromatic rings. The maximum Gasteiger partial charge on any atom is 0.325 e. The summed E-state index contributed by atoms with van der Waals surface area (Å²) in [4.78, 5) is 38.3. The van der Waals surface area contributed by atoms with Gasteiger partial charge in [0, 0.05) is 18.0 Å². The summed E-state index contributed by atoms with van der Waals surface area (Å²) in [6.07, 6.45) is 0.398. The van der Waals surface area contributed by atoms with Gasteiger partial charge in [-0.05, 0) is 36.6 Å². The van der Waals surface area contributed by atoms with Crippen LogP contribution in [0.5, 0.6) is 0 Å². The molecule has 0 saturated carbocycles. The maximum absolute atomic E-state index is 12.7. The van der Waals surface area contributed by atoms with Gasteiger partial charge in [-0.1, -0.05) is 54.1 Å². The van der Waals surface area contributed by atoms with Crippen LogP contribution < -0.4 is 10.6 Å². The van der Waals surface area contributed by atoms with Crippen LogP contribution in [-0.4, -0.2) is 28.8 Å². The predicted octanol–water partition coefficient (Wildman–Crippen LogP) is 3.42. The van der Waals surface area contributed by atoms with Gasteiger partial charge in [0.15, 0.2) is 0 Å². The summed E-state index contributed by atoms with van der Waals surface area (Å²) in [7, 11) is 0. The molecule has 3 rings (SSSR count). The minimum Gasteiger partial charge on any atom is -0.352 e. The molecule has 0 radical (unpaired) electrons. The van der Waals surface area contributed by atoms with Gasteiger partial charge < -0.3 is 10.6 Å². The van der Waals surface area contributed by atoms with Crippen LogP contribution in [0.1, 0.15) is 36.9 Å². The van der Waals surface area contributed by atoms with E-state index in [1.807, 2.05) is 49.4 Å². The number of hydrogen-bond donors (Lipinski definition) is 2. The molecule has 2 atom stereocenters. The van der Waals surface area contributed by atoms with Crippen LogP contribution in [0.25, 0.3) is 0 Å². The van der Waals surface area contributed by atoms with E-state index in [2.05, 4.69) is 10.6 Å². The smallest absolute Gasteiger partial charge is 0.325 e. The standard InChI is InChI=1S/C21H22ClN3O3/c1-14(16-7-3-2-4-8-16)25-20(27)18(24-21(25)28)10-11-19(26)23-13-15-6-5-9-17(22)12-15/h2-9,12,14,18H,10-11,13H2,1H3,(H,23,26)(H,24,28). The summed E-state index contributed by atoms with van der Waals surface area (Å²) in [5, 5.41) is 6.09. The van der Waals surface area contributed by atoms with Gasteiger partial charge in [-0.25, -0.2) is 4.79 Å². The molecule has 0 spiro atoms. The Bertz CT molecular complexity index is 872. The van der Waals surface area contributed by atoms with Crippen LogP contribution in [0.15, 0.2) is 54.6 Å². The highest BCUT2D eigenvalue weighted by atomic mass is 35.5. The van der Waals surface area contributed by atoms with Crippen molar-refractivity contribution in [3.63, 3.8) is 0 Å². The molecule has 28 heavy (non-hydrogen) atoms. The second-order valence-corrected chi connectivity index (χ2v) is 7.18. The largest absolute Gasteiger partial charge is 0.352 e. The molecular weight excluding hydrogens is 378 g/mol. The van der Waals surface area contributed by atoms with Crippen LogP contribution in [0.2, 0.25) is 5.02 Å². The first-order valence-electron chi connectivity index (χ1n) is 9.15. The number of halogens is 1. The van der Waals surface area contributed by atoms with Gasteiger partial charge in [0.1, 0.15) is 6.04 Å². The fourth-order valence-corrected chi connectivity index (χ4v) is 3.42. The Kier molecular flexibility index (Phi) is 6.31. The first-order chi connectivity index (χ1) is 13.5. The number of benzene rings is 2. The lowest BCUT2D eigenvalue weighted by atomic mass is 10.1. The number of nitrogens with zero attached hydrogens (tertiary/aromatic N) is 1. The van der Waals surface area contributed by atoms with Gasteiger partial charge in [-0.15, -0.1) is 0 Å². The van der Waals surface area contributed by atoms with Crippen molar-refractivity contribution in [3.8, 4) is 0 Å². The van der Waals surface area contributed by atoms with Gasteiger partial charge in [0.05, 0.1) is 6.04 Å². The second kappa shape index (κ2) is 8.89. The number of hydrogen-bond acceptors (Lipinski definition) is 3. The molecular formula is C21H22ClN3O3. The van der Waals surface area contributed by atoms with Gasteiger partial charge in [0.2, 0.25) is 5.91 Å². The van der Waals surface area contributed by atoms with Crippen molar-refractivity contribution in [1.82, 2.24) is 15.5 Å². The Labute approximate surface area is 168 Å². The maximum atomic E-state index is 12.7. The van der Waals surface area contributed by atoms with E-state index in [4.69, 9.17) is 11.6 Å². The van der Waals surface area contributed by atoms with E-state index in [9.17, 15) is 14.4 Å². The quantitative estimate of drug-likeness (QED) is 0.700. The SMILES string of the molecule is CC(c1ccccc1)N1C(=O)NC(CCC(=O)NCc2cccc(Cl)c2)C1=O. The van der Waals surface area contributed by atoms with E-state index >= 15 is 0 Å². The summed E-state index contributed by atoms with van der Waals surface area (Å²) in [5.41, 5.74) is 1.78. The molecule has 1 saturated heterocycles. The molecule has 1 aliphatic rings. The van der Waals surface area contributed by atoms with Crippen molar-refractivity contribution in [2.24, 2.45) is 0 Å². The third kappa shape index (κ3) is 4.70. The Morgan fingerprint density at radius 3 is 2.64 bits per heavy atom. The van der Waals surface area contributed by atoms with Crippen LogP contribution in [0, 0.1) is 0 Å². The van der Waals surface area contributed by atoms with Crippen molar-refractivity contribution in [2.75, 3.05) is 0 Å². The number of nitrogens with one attached hydrogen (secondary N) is 2. The number of imide groups is 1. The predicted molar refractivity (Wildman–Crippen MR) is 107 cm³/mol. The van der Waals surface area contributed by atoms with Crippen LogP contribution in [0.3, 0.4) is 0 Å². The molecule has 2 unspecified atom stereocenters. The van der Waals surface area contributed by atoms with Gasteiger partial charge in [0.25, 0.3) is 5.91 Å². The molecule has 1 heterocycles. The molecule has 7 heteroatoms. The summed E-state index contributed by atoms with van der Waals surface area (Å²) < 4.78 is 0. The highest BCUT2D eigenvalue weighted by Gasteiger charge is 2.40. The zero-order chi connectivity index (χ0) is 20.1. The lowest BCUT2D eigenvalue weighted by Gasteiger charge is -2.21. The van der Waals surface area contributed by atoms with E-state index in [0.717, 1.165) is 11.1 Å². The minimum absolute atomic E-state index is 0.144. The number of amides is 4. The van der Waals surface area contributed by atoms with Gasteiger partial charge >= 0.3 is 6.03 Å². The van der Waals surface area contributed by atoms with E-state index in [-0.39, 0.29) is 30.7 Å². The van der Waals surface area contributed by atoms with E-state index in [1.165, 1.54) is 4.90 Å². The number of rotatable bonds is 7. The molecule has 2 N–H and O–H groups in total.